The molecule has 2 aromatic carbocycles. The number of benzene rings is 2. The van der Waals surface area contributed by atoms with Gasteiger partial charge in [-0.05, 0) is 30.7 Å². The number of carbonyl (C=O) groups excluding carboxylic acids is 2. The number of aryl methyl sites for hydroxylation is 1. The van der Waals surface area contributed by atoms with Crippen LogP contribution in [0.5, 0.6) is 5.75 Å². The summed E-state index contributed by atoms with van der Waals surface area (Å²) >= 11 is 0. The molecule has 0 fully saturated rings. The van der Waals surface area contributed by atoms with Crippen molar-refractivity contribution >= 4 is 17.5 Å². The van der Waals surface area contributed by atoms with E-state index in [2.05, 4.69) is 0 Å². The first kappa shape index (κ1) is 18.5. The highest BCUT2D eigenvalue weighted by Gasteiger charge is 2.25. The lowest BCUT2D eigenvalue weighted by Gasteiger charge is -2.26. The van der Waals surface area contributed by atoms with E-state index in [4.69, 9.17) is 15.2 Å². The largest absolute Gasteiger partial charge is 0.496 e. The standard InChI is InChI=1S/C19H22N2O4/c1-13-7-6-10-16(25-3)17(13)19(23)21(11-12-24-2)15-9-5-4-8-14(15)18(20)22/h4-10H,11-12H2,1-3H3,(H2,20,22). The number of hydrogen-bond donors (Lipinski definition) is 1. The topological polar surface area (TPSA) is 81.9 Å². The molecule has 0 spiro atoms. The van der Waals surface area contributed by atoms with Crippen molar-refractivity contribution in [2.24, 2.45) is 5.73 Å². The minimum Gasteiger partial charge on any atom is -0.496 e. The minimum atomic E-state index is -0.595. The lowest BCUT2D eigenvalue weighted by atomic mass is 10.0. The van der Waals surface area contributed by atoms with E-state index in [1.807, 2.05) is 19.1 Å². The van der Waals surface area contributed by atoms with Crippen LogP contribution in [0.3, 0.4) is 0 Å². The molecule has 2 rings (SSSR count). The fourth-order valence-electron chi connectivity index (χ4n) is 2.65. The Morgan fingerprint density at radius 1 is 1.08 bits per heavy atom. The van der Waals surface area contributed by atoms with Gasteiger partial charge in [0.1, 0.15) is 5.75 Å². The molecule has 0 unspecified atom stereocenters. The van der Waals surface area contributed by atoms with Crippen LogP contribution in [0.4, 0.5) is 5.69 Å². The van der Waals surface area contributed by atoms with Gasteiger partial charge in [-0.25, -0.2) is 0 Å². The Labute approximate surface area is 147 Å². The van der Waals surface area contributed by atoms with Crippen LogP contribution < -0.4 is 15.4 Å². The van der Waals surface area contributed by atoms with E-state index in [9.17, 15) is 9.59 Å². The Kier molecular flexibility index (Phi) is 6.14. The summed E-state index contributed by atoms with van der Waals surface area (Å²) in [5, 5.41) is 0. The van der Waals surface area contributed by atoms with Crippen molar-refractivity contribution in [3.05, 3.63) is 59.2 Å². The van der Waals surface area contributed by atoms with E-state index in [1.54, 1.807) is 37.4 Å². The second kappa shape index (κ2) is 8.30. The van der Waals surface area contributed by atoms with Crippen LogP contribution in [0.2, 0.25) is 0 Å². The molecule has 0 atom stereocenters. The van der Waals surface area contributed by atoms with Gasteiger partial charge in [-0.15, -0.1) is 0 Å². The van der Waals surface area contributed by atoms with Crippen molar-refractivity contribution in [1.82, 2.24) is 0 Å². The zero-order chi connectivity index (χ0) is 18.4. The molecule has 0 heterocycles. The lowest BCUT2D eigenvalue weighted by Crippen LogP contribution is -2.36. The maximum absolute atomic E-state index is 13.3. The lowest BCUT2D eigenvalue weighted by molar-refractivity contribution is 0.0972. The zero-order valence-corrected chi connectivity index (χ0v) is 14.6. The van der Waals surface area contributed by atoms with Gasteiger partial charge in [0.05, 0.1) is 30.5 Å². The number of primary amides is 1. The smallest absolute Gasteiger partial charge is 0.262 e. The number of anilines is 1. The second-order valence-corrected chi connectivity index (χ2v) is 5.48. The molecule has 0 bridgehead atoms. The van der Waals surface area contributed by atoms with Crippen molar-refractivity contribution in [3.63, 3.8) is 0 Å². The van der Waals surface area contributed by atoms with Crippen molar-refractivity contribution in [2.75, 3.05) is 32.3 Å². The van der Waals surface area contributed by atoms with E-state index in [0.717, 1.165) is 5.56 Å². The summed E-state index contributed by atoms with van der Waals surface area (Å²) in [4.78, 5) is 26.5. The summed E-state index contributed by atoms with van der Waals surface area (Å²) in [6.07, 6.45) is 0. The van der Waals surface area contributed by atoms with Crippen LogP contribution in [-0.4, -0.2) is 39.2 Å². The van der Waals surface area contributed by atoms with Crippen molar-refractivity contribution < 1.29 is 19.1 Å². The highest BCUT2D eigenvalue weighted by Crippen LogP contribution is 2.28. The zero-order valence-electron chi connectivity index (χ0n) is 14.6. The summed E-state index contributed by atoms with van der Waals surface area (Å²) < 4.78 is 10.5. The summed E-state index contributed by atoms with van der Waals surface area (Å²) in [6, 6.07) is 12.1. The molecule has 6 heteroatoms. The van der Waals surface area contributed by atoms with Crippen LogP contribution >= 0.6 is 0 Å². The second-order valence-electron chi connectivity index (χ2n) is 5.48. The van der Waals surface area contributed by atoms with E-state index in [1.165, 1.54) is 12.0 Å². The molecular weight excluding hydrogens is 320 g/mol. The maximum atomic E-state index is 13.3. The molecule has 0 aliphatic rings. The summed E-state index contributed by atoms with van der Waals surface area (Å²) in [5.41, 5.74) is 7.42. The summed E-state index contributed by atoms with van der Waals surface area (Å²) in [7, 11) is 3.07. The maximum Gasteiger partial charge on any atom is 0.262 e. The fraction of sp³-hybridized carbons (Fsp3) is 0.263. The van der Waals surface area contributed by atoms with Gasteiger partial charge in [-0.1, -0.05) is 24.3 Å². The summed E-state index contributed by atoms with van der Waals surface area (Å²) in [5.74, 6) is -0.396. The highest BCUT2D eigenvalue weighted by atomic mass is 16.5. The van der Waals surface area contributed by atoms with Crippen molar-refractivity contribution in [3.8, 4) is 5.75 Å². The molecule has 132 valence electrons. The predicted octanol–water partition coefficient (Wildman–Crippen LogP) is 2.40. The van der Waals surface area contributed by atoms with Crippen LogP contribution in [0, 0.1) is 6.92 Å². The fourth-order valence-corrected chi connectivity index (χ4v) is 2.65. The minimum absolute atomic E-state index is 0.275. The van der Waals surface area contributed by atoms with E-state index >= 15 is 0 Å². The number of methoxy groups -OCH3 is 2. The van der Waals surface area contributed by atoms with Crippen molar-refractivity contribution in [2.45, 2.75) is 6.92 Å². The van der Waals surface area contributed by atoms with Crippen LogP contribution in [0.15, 0.2) is 42.5 Å². The molecule has 25 heavy (non-hydrogen) atoms. The Balaban J connectivity index is 2.56. The molecular formula is C19H22N2O4. The quantitative estimate of drug-likeness (QED) is 0.838. The first-order chi connectivity index (χ1) is 12.0. The number of amides is 2. The van der Waals surface area contributed by atoms with Gasteiger partial charge in [0.15, 0.2) is 0 Å². The van der Waals surface area contributed by atoms with E-state index in [-0.39, 0.29) is 18.0 Å². The molecule has 0 aromatic heterocycles. The third-order valence-corrected chi connectivity index (χ3v) is 3.89. The molecule has 0 saturated heterocycles. The first-order valence-electron chi connectivity index (χ1n) is 7.84. The van der Waals surface area contributed by atoms with Gasteiger partial charge in [0.2, 0.25) is 0 Å². The third-order valence-electron chi connectivity index (χ3n) is 3.89. The Bertz CT molecular complexity index is 774. The number of para-hydroxylation sites is 1. The predicted molar refractivity (Wildman–Crippen MR) is 96.2 cm³/mol. The van der Waals surface area contributed by atoms with Gasteiger partial charge in [-0.3, -0.25) is 9.59 Å². The third kappa shape index (κ3) is 3.97. The normalized spacial score (nSPS) is 10.4. The Hall–Kier alpha value is -2.86. The number of rotatable bonds is 7. The molecule has 0 aliphatic heterocycles. The first-order valence-corrected chi connectivity index (χ1v) is 7.84. The van der Waals surface area contributed by atoms with E-state index < -0.39 is 5.91 Å². The highest BCUT2D eigenvalue weighted by molar-refractivity contribution is 6.12. The average Bonchev–Trinajstić information content (AvgIpc) is 2.61. The summed E-state index contributed by atoms with van der Waals surface area (Å²) in [6.45, 7) is 2.42. The van der Waals surface area contributed by atoms with Crippen molar-refractivity contribution in [1.29, 1.82) is 0 Å². The van der Waals surface area contributed by atoms with Gasteiger partial charge in [-0.2, -0.15) is 0 Å². The molecule has 2 N–H and O–H groups in total. The molecule has 6 nitrogen and oxygen atoms in total. The number of nitrogens with two attached hydrogens (primary N) is 1. The van der Waals surface area contributed by atoms with Crippen LogP contribution in [0.1, 0.15) is 26.3 Å². The average molecular weight is 342 g/mol. The van der Waals surface area contributed by atoms with Gasteiger partial charge < -0.3 is 20.1 Å². The number of ether oxygens (including phenoxy) is 2. The number of nitrogens with zero attached hydrogens (tertiary/aromatic N) is 1. The van der Waals surface area contributed by atoms with Gasteiger partial charge in [0.25, 0.3) is 11.8 Å². The number of carbonyl (C=O) groups is 2. The molecule has 0 aliphatic carbocycles. The Morgan fingerprint density at radius 3 is 2.44 bits per heavy atom. The molecule has 0 radical (unpaired) electrons. The van der Waals surface area contributed by atoms with Crippen LogP contribution in [0.25, 0.3) is 0 Å². The molecule has 2 aromatic rings. The SMILES string of the molecule is COCCN(C(=O)c1c(C)cccc1OC)c1ccccc1C(N)=O. The monoisotopic (exact) mass is 342 g/mol. The van der Waals surface area contributed by atoms with Gasteiger partial charge >= 0.3 is 0 Å². The van der Waals surface area contributed by atoms with E-state index in [0.29, 0.717) is 23.6 Å². The molecule has 2 amide bonds. The number of hydrogen-bond acceptors (Lipinski definition) is 4. The van der Waals surface area contributed by atoms with Crippen LogP contribution in [-0.2, 0) is 4.74 Å². The molecule has 0 saturated carbocycles. The van der Waals surface area contributed by atoms with Gasteiger partial charge in [0, 0.05) is 13.7 Å². The Morgan fingerprint density at radius 2 is 1.80 bits per heavy atom.